The first-order valence-corrected chi connectivity index (χ1v) is 8.44. The van der Waals surface area contributed by atoms with Gasteiger partial charge in [-0.1, -0.05) is 36.4 Å². The number of hydrogen-bond donors (Lipinski definition) is 2. The number of carbonyl (C=O) groups is 1. The van der Waals surface area contributed by atoms with Crippen LogP contribution in [-0.2, 0) is 12.4 Å². The van der Waals surface area contributed by atoms with Gasteiger partial charge in [0, 0.05) is 5.69 Å². The third-order valence-corrected chi connectivity index (χ3v) is 4.19. The van der Waals surface area contributed by atoms with Gasteiger partial charge in [-0.3, -0.25) is 4.79 Å². The number of anilines is 1. The molecule has 0 atom stereocenters. The number of hydrogen-bond acceptors (Lipinski definition) is 2. The Kier molecular flexibility index (Phi) is 5.47. The molecule has 0 fully saturated rings. The van der Waals surface area contributed by atoms with Gasteiger partial charge in [0.2, 0.25) is 0 Å². The smallest absolute Gasteiger partial charge is 0.416 e. The Labute approximate surface area is 166 Å². The van der Waals surface area contributed by atoms with E-state index in [9.17, 15) is 36.2 Å². The van der Waals surface area contributed by atoms with Crippen molar-refractivity contribution in [2.24, 2.45) is 0 Å². The van der Waals surface area contributed by atoms with Crippen molar-refractivity contribution in [1.29, 1.82) is 0 Å². The molecule has 0 heterocycles. The first-order chi connectivity index (χ1) is 13.9. The molecule has 0 spiro atoms. The van der Waals surface area contributed by atoms with Gasteiger partial charge in [0.15, 0.2) is 0 Å². The molecule has 0 aliphatic carbocycles. The van der Waals surface area contributed by atoms with Crippen LogP contribution in [0.1, 0.15) is 21.5 Å². The maximum absolute atomic E-state index is 13.0. The number of nitrogens with one attached hydrogen (secondary N) is 1. The van der Waals surface area contributed by atoms with E-state index in [1.54, 1.807) is 30.3 Å². The van der Waals surface area contributed by atoms with E-state index in [0.29, 0.717) is 23.3 Å². The summed E-state index contributed by atoms with van der Waals surface area (Å²) in [5.41, 5.74) is -2.90. The minimum Gasteiger partial charge on any atom is -0.507 e. The lowest BCUT2D eigenvalue weighted by Crippen LogP contribution is -2.16. The molecule has 9 heteroatoms. The standard InChI is InChI=1S/C21H13F6NO2/c22-20(23,24)14-9-15(21(25,26)27)11-16(10-14)28-19(30)17-8-13(6-7-18(17)29)12-4-2-1-3-5-12/h1-11,29H,(H,28,30). The fourth-order valence-electron chi connectivity index (χ4n) is 2.75. The molecule has 30 heavy (non-hydrogen) atoms. The highest BCUT2D eigenvalue weighted by molar-refractivity contribution is 6.07. The Morgan fingerprint density at radius 1 is 0.733 bits per heavy atom. The molecule has 3 rings (SSSR count). The average Bonchev–Trinajstić information content (AvgIpc) is 2.67. The summed E-state index contributed by atoms with van der Waals surface area (Å²) in [4.78, 5) is 12.5. The number of alkyl halides is 6. The minimum atomic E-state index is -5.05. The Bertz CT molecular complexity index is 1040. The minimum absolute atomic E-state index is 0.0385. The zero-order valence-electron chi connectivity index (χ0n) is 15.0. The average molecular weight is 425 g/mol. The lowest BCUT2D eigenvalue weighted by Gasteiger charge is -2.15. The van der Waals surface area contributed by atoms with Crippen LogP contribution >= 0.6 is 0 Å². The molecule has 3 aromatic carbocycles. The monoisotopic (exact) mass is 425 g/mol. The highest BCUT2D eigenvalue weighted by Crippen LogP contribution is 2.38. The van der Waals surface area contributed by atoms with E-state index >= 15 is 0 Å². The maximum atomic E-state index is 13.0. The molecular weight excluding hydrogens is 412 g/mol. The fourth-order valence-corrected chi connectivity index (χ4v) is 2.75. The molecule has 0 unspecified atom stereocenters. The number of rotatable bonds is 3. The highest BCUT2D eigenvalue weighted by Gasteiger charge is 2.37. The summed E-state index contributed by atoms with van der Waals surface area (Å²) < 4.78 is 77.9. The van der Waals surface area contributed by atoms with Gasteiger partial charge in [0.25, 0.3) is 5.91 Å². The normalized spacial score (nSPS) is 11.9. The molecule has 0 saturated heterocycles. The van der Waals surface area contributed by atoms with Crippen LogP contribution in [-0.4, -0.2) is 11.0 Å². The van der Waals surface area contributed by atoms with Crippen LogP contribution in [0.5, 0.6) is 5.75 Å². The first-order valence-electron chi connectivity index (χ1n) is 8.44. The molecule has 1 amide bonds. The molecule has 0 bridgehead atoms. The van der Waals surface area contributed by atoms with Gasteiger partial charge in [0.05, 0.1) is 16.7 Å². The van der Waals surface area contributed by atoms with Gasteiger partial charge in [-0.2, -0.15) is 26.3 Å². The maximum Gasteiger partial charge on any atom is 0.416 e. The molecule has 0 saturated carbocycles. The molecule has 0 aliphatic rings. The van der Waals surface area contributed by atoms with Gasteiger partial charge in [-0.05, 0) is 41.5 Å². The molecule has 3 aromatic rings. The number of benzene rings is 3. The predicted molar refractivity (Wildman–Crippen MR) is 97.9 cm³/mol. The molecule has 0 radical (unpaired) electrons. The molecule has 2 N–H and O–H groups in total. The fraction of sp³-hybridized carbons (Fsp3) is 0.0952. The lowest BCUT2D eigenvalue weighted by molar-refractivity contribution is -0.143. The Hall–Kier alpha value is -3.49. The van der Waals surface area contributed by atoms with Crippen LogP contribution in [0.4, 0.5) is 32.0 Å². The van der Waals surface area contributed by atoms with E-state index in [0.717, 1.165) is 0 Å². The summed E-state index contributed by atoms with van der Waals surface area (Å²) in [5, 5.41) is 12.0. The van der Waals surface area contributed by atoms with Crippen molar-refractivity contribution >= 4 is 11.6 Å². The largest absolute Gasteiger partial charge is 0.507 e. The predicted octanol–water partition coefficient (Wildman–Crippen LogP) is 6.35. The van der Waals surface area contributed by atoms with Crippen molar-refractivity contribution in [2.45, 2.75) is 12.4 Å². The summed E-state index contributed by atoms with van der Waals surface area (Å²) in [5.74, 6) is -1.53. The number of phenolic OH excluding ortho intramolecular Hbond substituents is 1. The zero-order chi connectivity index (χ0) is 22.1. The lowest BCUT2D eigenvalue weighted by atomic mass is 10.0. The van der Waals surface area contributed by atoms with Gasteiger partial charge in [-0.15, -0.1) is 0 Å². The number of aromatic hydroxyl groups is 1. The van der Waals surface area contributed by atoms with E-state index in [1.807, 2.05) is 5.32 Å². The second-order valence-electron chi connectivity index (χ2n) is 6.35. The Morgan fingerprint density at radius 3 is 1.83 bits per heavy atom. The molecular formula is C21H13F6NO2. The second kappa shape index (κ2) is 7.74. The van der Waals surface area contributed by atoms with Crippen molar-refractivity contribution in [1.82, 2.24) is 0 Å². The van der Waals surface area contributed by atoms with Gasteiger partial charge >= 0.3 is 12.4 Å². The van der Waals surface area contributed by atoms with Crippen LogP contribution in [0.3, 0.4) is 0 Å². The molecule has 0 aromatic heterocycles. The highest BCUT2D eigenvalue weighted by atomic mass is 19.4. The van der Waals surface area contributed by atoms with Gasteiger partial charge in [-0.25, -0.2) is 0 Å². The van der Waals surface area contributed by atoms with Crippen molar-refractivity contribution < 1.29 is 36.2 Å². The van der Waals surface area contributed by atoms with E-state index in [2.05, 4.69) is 0 Å². The van der Waals surface area contributed by atoms with Crippen molar-refractivity contribution in [3.63, 3.8) is 0 Å². The Balaban J connectivity index is 1.98. The number of carbonyl (C=O) groups excluding carboxylic acids is 1. The van der Waals surface area contributed by atoms with E-state index in [1.165, 1.54) is 18.2 Å². The van der Waals surface area contributed by atoms with Gasteiger partial charge in [0.1, 0.15) is 5.75 Å². The molecule has 3 nitrogen and oxygen atoms in total. The van der Waals surface area contributed by atoms with Crippen molar-refractivity contribution in [2.75, 3.05) is 5.32 Å². The Morgan fingerprint density at radius 2 is 1.30 bits per heavy atom. The summed E-state index contributed by atoms with van der Waals surface area (Å²) in [7, 11) is 0. The second-order valence-corrected chi connectivity index (χ2v) is 6.35. The summed E-state index contributed by atoms with van der Waals surface area (Å²) in [6.45, 7) is 0. The number of halogens is 6. The van der Waals surface area contributed by atoms with Crippen molar-refractivity contribution in [3.05, 3.63) is 83.4 Å². The van der Waals surface area contributed by atoms with Gasteiger partial charge < -0.3 is 10.4 Å². The molecule has 0 aliphatic heterocycles. The van der Waals surface area contributed by atoms with Crippen LogP contribution in [0.2, 0.25) is 0 Å². The van der Waals surface area contributed by atoms with Crippen LogP contribution in [0.15, 0.2) is 66.7 Å². The van der Waals surface area contributed by atoms with Crippen LogP contribution in [0.25, 0.3) is 11.1 Å². The van der Waals surface area contributed by atoms with E-state index < -0.39 is 40.8 Å². The molecule has 156 valence electrons. The van der Waals surface area contributed by atoms with Crippen LogP contribution in [0, 0.1) is 0 Å². The summed E-state index contributed by atoms with van der Waals surface area (Å²) in [6, 6.07) is 13.5. The topological polar surface area (TPSA) is 49.3 Å². The van der Waals surface area contributed by atoms with Crippen molar-refractivity contribution in [3.8, 4) is 16.9 Å². The van der Waals surface area contributed by atoms with E-state index in [4.69, 9.17) is 0 Å². The van der Waals surface area contributed by atoms with Crippen LogP contribution < -0.4 is 5.32 Å². The third kappa shape index (κ3) is 4.73. The quantitative estimate of drug-likeness (QED) is 0.481. The first kappa shape index (κ1) is 21.2. The number of amides is 1. The summed E-state index contributed by atoms with van der Waals surface area (Å²) in [6.07, 6.45) is -10.1. The number of phenols is 1. The zero-order valence-corrected chi connectivity index (χ0v) is 15.0. The summed E-state index contributed by atoms with van der Waals surface area (Å²) >= 11 is 0. The third-order valence-electron chi connectivity index (χ3n) is 4.19. The van der Waals surface area contributed by atoms with E-state index in [-0.39, 0.29) is 11.6 Å². The SMILES string of the molecule is O=C(Nc1cc(C(F)(F)F)cc(C(F)(F)F)c1)c1cc(-c2ccccc2)ccc1O.